The highest BCUT2D eigenvalue weighted by Gasteiger charge is 2.08. The molecule has 0 saturated heterocycles. The van der Waals surface area contributed by atoms with Crippen molar-refractivity contribution in [1.82, 2.24) is 9.97 Å². The molecule has 0 fully saturated rings. The van der Waals surface area contributed by atoms with Gasteiger partial charge in [-0.2, -0.15) is 0 Å². The maximum Gasteiger partial charge on any atom is 0.130 e. The monoisotopic (exact) mass is 230 g/mol. The van der Waals surface area contributed by atoms with Gasteiger partial charge in [-0.05, 0) is 18.6 Å². The summed E-state index contributed by atoms with van der Waals surface area (Å²) in [6, 6.07) is 10.4. The first-order valence-electron chi connectivity index (χ1n) is 5.17. The molecule has 2 N–H and O–H groups in total. The predicted molar refractivity (Wildman–Crippen MR) is 67.8 cm³/mol. The topological polar surface area (TPSA) is 31.6 Å². The molecule has 3 rings (SSSR count). The van der Waals surface area contributed by atoms with Crippen LogP contribution in [0.1, 0.15) is 5.56 Å². The van der Waals surface area contributed by atoms with Crippen LogP contribution in [0.15, 0.2) is 36.5 Å². The Balaban J connectivity index is 2.23. The van der Waals surface area contributed by atoms with Crippen LogP contribution in [0.4, 0.5) is 0 Å². The van der Waals surface area contributed by atoms with Gasteiger partial charge in [-0.3, -0.25) is 0 Å². The number of benzene rings is 1. The Labute approximate surface area is 98.3 Å². The van der Waals surface area contributed by atoms with Crippen LogP contribution < -0.4 is 0 Å². The molecule has 2 nitrogen and oxygen atoms in total. The summed E-state index contributed by atoms with van der Waals surface area (Å²) >= 11 is 6.03. The minimum Gasteiger partial charge on any atom is -0.352 e. The van der Waals surface area contributed by atoms with E-state index in [1.54, 1.807) is 0 Å². The van der Waals surface area contributed by atoms with Crippen LogP contribution >= 0.6 is 11.6 Å². The third kappa shape index (κ3) is 1.34. The van der Waals surface area contributed by atoms with Crippen LogP contribution in [0.5, 0.6) is 0 Å². The molecular weight excluding hydrogens is 220 g/mol. The van der Waals surface area contributed by atoms with Gasteiger partial charge >= 0.3 is 0 Å². The van der Waals surface area contributed by atoms with E-state index >= 15 is 0 Å². The van der Waals surface area contributed by atoms with Crippen molar-refractivity contribution >= 4 is 22.5 Å². The highest BCUT2D eigenvalue weighted by molar-refractivity contribution is 6.34. The van der Waals surface area contributed by atoms with E-state index in [4.69, 9.17) is 11.6 Å². The number of halogens is 1. The Bertz CT molecular complexity index is 649. The number of nitrogens with one attached hydrogen (secondary N) is 2. The second-order valence-electron chi connectivity index (χ2n) is 3.93. The van der Waals surface area contributed by atoms with Crippen molar-refractivity contribution in [1.29, 1.82) is 0 Å². The van der Waals surface area contributed by atoms with E-state index in [2.05, 4.69) is 35.1 Å². The van der Waals surface area contributed by atoms with Gasteiger partial charge in [-0.1, -0.05) is 35.9 Å². The first-order chi connectivity index (χ1) is 7.75. The van der Waals surface area contributed by atoms with Crippen molar-refractivity contribution in [3.05, 3.63) is 47.2 Å². The zero-order chi connectivity index (χ0) is 11.1. The summed E-state index contributed by atoms with van der Waals surface area (Å²) in [6.07, 6.45) is 1.91. The van der Waals surface area contributed by atoms with Gasteiger partial charge in [-0.15, -0.1) is 0 Å². The molecule has 80 valence electrons. The van der Waals surface area contributed by atoms with Crippen molar-refractivity contribution in [2.24, 2.45) is 0 Å². The number of hydrogen-bond donors (Lipinski definition) is 2. The van der Waals surface area contributed by atoms with E-state index in [-0.39, 0.29) is 0 Å². The lowest BCUT2D eigenvalue weighted by Crippen LogP contribution is -1.81. The molecular formula is C13H11ClN2. The number of aromatic amines is 2. The molecule has 0 spiro atoms. The molecule has 0 atom stereocenters. The Kier molecular flexibility index (Phi) is 2.04. The third-order valence-electron chi connectivity index (χ3n) is 2.86. The van der Waals surface area contributed by atoms with Crippen molar-refractivity contribution in [2.75, 3.05) is 0 Å². The van der Waals surface area contributed by atoms with Crippen LogP contribution in [0.2, 0.25) is 5.15 Å². The lowest BCUT2D eigenvalue weighted by atomic mass is 10.1. The second kappa shape index (κ2) is 3.42. The van der Waals surface area contributed by atoms with E-state index in [0.29, 0.717) is 5.15 Å². The lowest BCUT2D eigenvalue weighted by molar-refractivity contribution is 1.36. The molecule has 0 amide bonds. The van der Waals surface area contributed by atoms with E-state index in [9.17, 15) is 0 Å². The molecule has 2 heterocycles. The smallest absolute Gasteiger partial charge is 0.130 e. The summed E-state index contributed by atoms with van der Waals surface area (Å²) in [5.74, 6) is 0. The summed E-state index contributed by atoms with van der Waals surface area (Å²) in [5, 5.41) is 1.78. The van der Waals surface area contributed by atoms with E-state index in [1.165, 1.54) is 11.1 Å². The standard InChI is InChI=1S/C13H11ClN2/c1-8-4-2-3-5-10(8)11-6-9-7-15-13(14)12(9)16-11/h2-7,15-16H,1H3. The molecule has 0 aliphatic heterocycles. The largest absolute Gasteiger partial charge is 0.352 e. The van der Waals surface area contributed by atoms with Crippen LogP contribution in [0.3, 0.4) is 0 Å². The lowest BCUT2D eigenvalue weighted by Gasteiger charge is -2.01. The molecule has 1 aromatic carbocycles. The number of hydrogen-bond acceptors (Lipinski definition) is 0. The number of aryl methyl sites for hydroxylation is 1. The summed E-state index contributed by atoms with van der Waals surface area (Å²) in [6.45, 7) is 2.11. The SMILES string of the molecule is Cc1ccccc1-c1cc2c[nH]c(Cl)c2[nH]1. The fourth-order valence-electron chi connectivity index (χ4n) is 2.00. The van der Waals surface area contributed by atoms with Crippen LogP contribution in [-0.2, 0) is 0 Å². The van der Waals surface area contributed by atoms with Crippen molar-refractivity contribution < 1.29 is 0 Å². The molecule has 0 unspecified atom stereocenters. The summed E-state index contributed by atoms with van der Waals surface area (Å²) in [7, 11) is 0. The fraction of sp³-hybridized carbons (Fsp3) is 0.0769. The van der Waals surface area contributed by atoms with Gasteiger partial charge in [-0.25, -0.2) is 0 Å². The van der Waals surface area contributed by atoms with Crippen molar-refractivity contribution in [2.45, 2.75) is 6.92 Å². The van der Waals surface area contributed by atoms with E-state index in [1.807, 2.05) is 18.3 Å². The first kappa shape index (κ1) is 9.55. The summed E-state index contributed by atoms with van der Waals surface area (Å²) in [5.41, 5.74) is 4.56. The van der Waals surface area contributed by atoms with E-state index < -0.39 is 0 Å². The molecule has 0 bridgehead atoms. The van der Waals surface area contributed by atoms with Gasteiger partial charge < -0.3 is 9.97 Å². The first-order valence-corrected chi connectivity index (χ1v) is 5.55. The van der Waals surface area contributed by atoms with Crippen molar-refractivity contribution in [3.63, 3.8) is 0 Å². The Morgan fingerprint density at radius 3 is 2.75 bits per heavy atom. The minimum absolute atomic E-state index is 0.662. The zero-order valence-corrected chi connectivity index (χ0v) is 9.60. The molecule has 0 saturated carbocycles. The van der Waals surface area contributed by atoms with Crippen LogP contribution in [-0.4, -0.2) is 9.97 Å². The number of rotatable bonds is 1. The molecule has 0 aliphatic carbocycles. The quantitative estimate of drug-likeness (QED) is 0.630. The molecule has 2 aromatic heterocycles. The van der Waals surface area contributed by atoms with Crippen LogP contribution in [0.25, 0.3) is 22.2 Å². The molecule has 3 aromatic rings. The number of H-pyrrole nitrogens is 2. The maximum absolute atomic E-state index is 6.03. The minimum atomic E-state index is 0.662. The van der Waals surface area contributed by atoms with Gasteiger partial charge in [0, 0.05) is 22.8 Å². The molecule has 3 heteroatoms. The number of aromatic nitrogens is 2. The van der Waals surface area contributed by atoms with Gasteiger partial charge in [0.05, 0.1) is 5.52 Å². The second-order valence-corrected chi connectivity index (χ2v) is 4.31. The fourth-order valence-corrected chi connectivity index (χ4v) is 2.21. The Morgan fingerprint density at radius 1 is 1.19 bits per heavy atom. The highest BCUT2D eigenvalue weighted by Crippen LogP contribution is 2.29. The van der Waals surface area contributed by atoms with Gasteiger partial charge in [0.2, 0.25) is 0 Å². The van der Waals surface area contributed by atoms with Gasteiger partial charge in [0.1, 0.15) is 5.15 Å². The molecule has 0 radical (unpaired) electrons. The van der Waals surface area contributed by atoms with Crippen molar-refractivity contribution in [3.8, 4) is 11.3 Å². The zero-order valence-electron chi connectivity index (χ0n) is 8.84. The predicted octanol–water partition coefficient (Wildman–Crippen LogP) is 4.12. The molecule has 16 heavy (non-hydrogen) atoms. The van der Waals surface area contributed by atoms with Crippen LogP contribution in [0, 0.1) is 6.92 Å². The van der Waals surface area contributed by atoms with Gasteiger partial charge in [0.15, 0.2) is 0 Å². The highest BCUT2D eigenvalue weighted by atomic mass is 35.5. The normalized spacial score (nSPS) is 11.1. The Hall–Kier alpha value is -1.67. The van der Waals surface area contributed by atoms with E-state index in [0.717, 1.165) is 16.6 Å². The summed E-state index contributed by atoms with van der Waals surface area (Å²) in [4.78, 5) is 6.32. The van der Waals surface area contributed by atoms with Gasteiger partial charge in [0.25, 0.3) is 0 Å². The maximum atomic E-state index is 6.03. The Morgan fingerprint density at radius 2 is 2.00 bits per heavy atom. The summed E-state index contributed by atoms with van der Waals surface area (Å²) < 4.78 is 0. The number of fused-ring (bicyclic) bond motifs is 1. The average Bonchev–Trinajstić information content (AvgIpc) is 2.82. The average molecular weight is 231 g/mol. The third-order valence-corrected chi connectivity index (χ3v) is 3.16. The molecule has 0 aliphatic rings.